The Labute approximate surface area is 99.4 Å². The van der Waals surface area contributed by atoms with E-state index in [2.05, 4.69) is 10.1 Å². The molecule has 0 spiro atoms. The third-order valence-electron chi connectivity index (χ3n) is 3.13. The lowest BCUT2D eigenvalue weighted by molar-refractivity contribution is 0.588. The molecular weight excluding hydrogens is 238 g/mol. The van der Waals surface area contributed by atoms with Crippen LogP contribution in [-0.4, -0.2) is 28.8 Å². The van der Waals surface area contributed by atoms with Gasteiger partial charge >= 0.3 is 0 Å². The number of aromatic nitrogens is 3. The molecule has 0 amide bonds. The van der Waals surface area contributed by atoms with E-state index in [0.29, 0.717) is 24.3 Å². The van der Waals surface area contributed by atoms with Crippen LogP contribution in [0, 0.1) is 6.92 Å². The molecule has 1 fully saturated rings. The molecule has 3 rings (SSSR count). The summed E-state index contributed by atoms with van der Waals surface area (Å²) in [6, 6.07) is 3.83. The van der Waals surface area contributed by atoms with Crippen molar-refractivity contribution in [3.05, 3.63) is 29.7 Å². The van der Waals surface area contributed by atoms with Gasteiger partial charge in [-0.2, -0.15) is 0 Å². The van der Waals surface area contributed by atoms with Crippen LogP contribution in [0.1, 0.15) is 29.5 Å². The number of aryl methyl sites for hydroxylation is 1. The lowest BCUT2D eigenvalue weighted by atomic mass is 10.2. The second-order valence-electron chi connectivity index (χ2n) is 4.47. The minimum absolute atomic E-state index is 0.256. The smallest absolute Gasteiger partial charge is 0.169 e. The van der Waals surface area contributed by atoms with E-state index in [-0.39, 0.29) is 5.75 Å². The predicted molar refractivity (Wildman–Crippen MR) is 63.5 cm³/mol. The lowest BCUT2D eigenvalue weighted by Gasteiger charge is -2.02. The summed E-state index contributed by atoms with van der Waals surface area (Å²) < 4.78 is 25.3. The topological polar surface area (TPSA) is 64.3 Å². The average molecular weight is 251 g/mol. The van der Waals surface area contributed by atoms with E-state index in [4.69, 9.17) is 0 Å². The van der Waals surface area contributed by atoms with Crippen molar-refractivity contribution < 1.29 is 8.42 Å². The summed E-state index contributed by atoms with van der Waals surface area (Å²) in [6.45, 7) is 1.97. The maximum absolute atomic E-state index is 11.8. The molecule has 2 aromatic heterocycles. The van der Waals surface area contributed by atoms with E-state index in [9.17, 15) is 8.42 Å². The molecule has 0 bridgehead atoms. The van der Waals surface area contributed by atoms with Crippen LogP contribution >= 0.6 is 0 Å². The highest BCUT2D eigenvalue weighted by atomic mass is 32.2. The fourth-order valence-corrected chi connectivity index (χ4v) is 4.02. The maximum Gasteiger partial charge on any atom is 0.169 e. The average Bonchev–Trinajstić information content (AvgIpc) is 2.79. The summed E-state index contributed by atoms with van der Waals surface area (Å²) in [5, 5.41) is 3.75. The summed E-state index contributed by atoms with van der Waals surface area (Å²) >= 11 is 0. The number of pyridine rings is 1. The Morgan fingerprint density at radius 3 is 3.00 bits per heavy atom. The molecule has 5 nitrogen and oxygen atoms in total. The molecule has 1 aliphatic rings. The molecule has 17 heavy (non-hydrogen) atoms. The zero-order valence-electron chi connectivity index (χ0n) is 9.50. The summed E-state index contributed by atoms with van der Waals surface area (Å²) in [4.78, 5) is 4.32. The Balaban J connectivity index is 2.12. The number of nitrogens with zero attached hydrogens (tertiary/aromatic N) is 3. The highest BCUT2D eigenvalue weighted by Gasteiger charge is 2.35. The highest BCUT2D eigenvalue weighted by Crippen LogP contribution is 2.32. The van der Waals surface area contributed by atoms with Gasteiger partial charge in [0.1, 0.15) is 5.25 Å². The minimum atomic E-state index is -3.04. The fraction of sp³-hybridized carbons (Fsp3) is 0.455. The first-order valence-corrected chi connectivity index (χ1v) is 7.32. The normalized spacial score (nSPS) is 23.2. The number of rotatable bonds is 1. The van der Waals surface area contributed by atoms with Gasteiger partial charge in [-0.05, 0) is 37.5 Å². The molecule has 1 atom stereocenters. The molecule has 2 aromatic rings. The van der Waals surface area contributed by atoms with Gasteiger partial charge in [-0.15, -0.1) is 5.10 Å². The van der Waals surface area contributed by atoms with Crippen molar-refractivity contribution in [2.45, 2.75) is 25.0 Å². The van der Waals surface area contributed by atoms with Crippen molar-refractivity contribution in [2.75, 3.05) is 5.75 Å². The Morgan fingerprint density at radius 1 is 1.47 bits per heavy atom. The van der Waals surface area contributed by atoms with Crippen molar-refractivity contribution >= 4 is 15.5 Å². The van der Waals surface area contributed by atoms with E-state index in [1.54, 1.807) is 4.52 Å². The quantitative estimate of drug-likeness (QED) is 0.766. The predicted octanol–water partition coefficient (Wildman–Crippen LogP) is 1.29. The van der Waals surface area contributed by atoms with Gasteiger partial charge in [0.15, 0.2) is 21.3 Å². The molecule has 1 aliphatic heterocycles. The first-order valence-electron chi connectivity index (χ1n) is 5.61. The zero-order chi connectivity index (χ0) is 12.0. The zero-order valence-corrected chi connectivity index (χ0v) is 10.3. The molecule has 0 aliphatic carbocycles. The number of sulfone groups is 1. The molecule has 0 N–H and O–H groups in total. The third-order valence-corrected chi connectivity index (χ3v) is 5.30. The van der Waals surface area contributed by atoms with Gasteiger partial charge in [-0.3, -0.25) is 0 Å². The Bertz CT molecular complexity index is 675. The van der Waals surface area contributed by atoms with Gasteiger partial charge in [0.25, 0.3) is 0 Å². The Morgan fingerprint density at radius 2 is 2.29 bits per heavy atom. The van der Waals surface area contributed by atoms with Crippen molar-refractivity contribution in [3.8, 4) is 0 Å². The molecule has 0 saturated carbocycles. The van der Waals surface area contributed by atoms with Gasteiger partial charge in [-0.1, -0.05) is 0 Å². The number of hydrogen-bond donors (Lipinski definition) is 0. The van der Waals surface area contributed by atoms with Crippen LogP contribution in [-0.2, 0) is 9.84 Å². The summed E-state index contributed by atoms with van der Waals surface area (Å²) in [5.41, 5.74) is 1.80. The second kappa shape index (κ2) is 3.53. The van der Waals surface area contributed by atoms with Gasteiger partial charge in [-0.25, -0.2) is 17.9 Å². The third kappa shape index (κ3) is 1.72. The fourth-order valence-electron chi connectivity index (χ4n) is 2.22. The lowest BCUT2D eigenvalue weighted by Crippen LogP contribution is -2.09. The monoisotopic (exact) mass is 251 g/mol. The van der Waals surface area contributed by atoms with Crippen molar-refractivity contribution in [2.24, 2.45) is 0 Å². The standard InChI is InChI=1S/C11H13N3O2S/c1-8-4-5-14-10(7-8)12-11(13-14)9-3-2-6-17(9,15)16/h4-5,7,9H,2-3,6H2,1H3. The SMILES string of the molecule is Cc1ccn2nc(C3CCCS3(=O)=O)nc2c1. The van der Waals surface area contributed by atoms with Gasteiger partial charge in [0.2, 0.25) is 0 Å². The first kappa shape index (κ1) is 10.7. The van der Waals surface area contributed by atoms with Gasteiger partial charge in [0, 0.05) is 6.20 Å². The Kier molecular flexibility index (Phi) is 2.22. The van der Waals surface area contributed by atoms with Gasteiger partial charge in [0.05, 0.1) is 5.75 Å². The van der Waals surface area contributed by atoms with E-state index in [0.717, 1.165) is 5.56 Å². The summed E-state index contributed by atoms with van der Waals surface area (Å²) in [7, 11) is -3.04. The molecule has 1 saturated heterocycles. The summed E-state index contributed by atoms with van der Waals surface area (Å²) in [6.07, 6.45) is 3.16. The van der Waals surface area contributed by atoms with Crippen molar-refractivity contribution in [1.29, 1.82) is 0 Å². The van der Waals surface area contributed by atoms with E-state index in [1.807, 2.05) is 25.3 Å². The molecule has 90 valence electrons. The highest BCUT2D eigenvalue weighted by molar-refractivity contribution is 7.91. The second-order valence-corrected chi connectivity index (χ2v) is 6.78. The van der Waals surface area contributed by atoms with E-state index >= 15 is 0 Å². The van der Waals surface area contributed by atoms with Crippen LogP contribution < -0.4 is 0 Å². The first-order chi connectivity index (χ1) is 8.06. The van der Waals surface area contributed by atoms with Crippen LogP contribution in [0.25, 0.3) is 5.65 Å². The molecule has 0 aromatic carbocycles. The molecule has 1 unspecified atom stereocenters. The van der Waals surface area contributed by atoms with Crippen molar-refractivity contribution in [1.82, 2.24) is 14.6 Å². The van der Waals surface area contributed by atoms with Gasteiger partial charge < -0.3 is 0 Å². The Hall–Kier alpha value is -1.43. The van der Waals surface area contributed by atoms with E-state index in [1.165, 1.54) is 0 Å². The van der Waals surface area contributed by atoms with Crippen LogP contribution in [0.15, 0.2) is 18.3 Å². The number of fused-ring (bicyclic) bond motifs is 1. The number of hydrogen-bond acceptors (Lipinski definition) is 4. The van der Waals surface area contributed by atoms with Crippen LogP contribution in [0.3, 0.4) is 0 Å². The van der Waals surface area contributed by atoms with E-state index < -0.39 is 15.1 Å². The molecule has 3 heterocycles. The van der Waals surface area contributed by atoms with Crippen LogP contribution in [0.5, 0.6) is 0 Å². The molecular formula is C11H13N3O2S. The minimum Gasteiger partial charge on any atom is -0.228 e. The van der Waals surface area contributed by atoms with Crippen LogP contribution in [0.4, 0.5) is 0 Å². The summed E-state index contributed by atoms with van der Waals surface area (Å²) in [5.74, 6) is 0.694. The molecule has 0 radical (unpaired) electrons. The van der Waals surface area contributed by atoms with Crippen LogP contribution in [0.2, 0.25) is 0 Å². The largest absolute Gasteiger partial charge is 0.228 e. The van der Waals surface area contributed by atoms with Crippen molar-refractivity contribution in [3.63, 3.8) is 0 Å². The molecule has 6 heteroatoms. The maximum atomic E-state index is 11.8.